The van der Waals surface area contributed by atoms with E-state index in [1.807, 2.05) is 12.1 Å². The SMILES string of the molecule is NC1CCC(NC(=O)c2cccc(NC(=O)C3CCCCC3)c2)CC1. The van der Waals surface area contributed by atoms with Crippen molar-refractivity contribution in [3.63, 3.8) is 0 Å². The summed E-state index contributed by atoms with van der Waals surface area (Å²) in [5, 5.41) is 6.07. The van der Waals surface area contributed by atoms with E-state index in [4.69, 9.17) is 5.73 Å². The molecule has 1 aromatic carbocycles. The second-order valence-electron chi connectivity index (χ2n) is 7.49. The Morgan fingerprint density at radius 1 is 0.960 bits per heavy atom. The van der Waals surface area contributed by atoms with Crippen LogP contribution < -0.4 is 16.4 Å². The summed E-state index contributed by atoms with van der Waals surface area (Å²) in [4.78, 5) is 24.9. The molecule has 2 saturated carbocycles. The van der Waals surface area contributed by atoms with Crippen LogP contribution in [0.1, 0.15) is 68.1 Å². The minimum atomic E-state index is -0.0748. The standard InChI is InChI=1S/C20H29N3O2/c21-16-9-11-17(12-10-16)22-20(25)15-7-4-8-18(13-15)23-19(24)14-5-2-1-3-6-14/h4,7-8,13-14,16-17H,1-3,5-6,9-12,21H2,(H,22,25)(H,23,24). The second kappa shape index (κ2) is 8.48. The molecule has 0 saturated heterocycles. The number of nitrogens with two attached hydrogens (primary N) is 1. The third kappa shape index (κ3) is 5.05. The number of carbonyl (C=O) groups is 2. The molecule has 0 aromatic heterocycles. The second-order valence-corrected chi connectivity index (χ2v) is 7.49. The largest absolute Gasteiger partial charge is 0.349 e. The fourth-order valence-corrected chi connectivity index (χ4v) is 3.88. The van der Waals surface area contributed by atoms with Crippen molar-refractivity contribution in [2.75, 3.05) is 5.32 Å². The summed E-state index contributed by atoms with van der Waals surface area (Å²) in [6.07, 6.45) is 9.22. The molecule has 2 aliphatic carbocycles. The third-order valence-electron chi connectivity index (χ3n) is 5.48. The van der Waals surface area contributed by atoms with Crippen LogP contribution in [0, 0.1) is 5.92 Å². The molecule has 5 nitrogen and oxygen atoms in total. The average molecular weight is 343 g/mol. The number of carbonyl (C=O) groups excluding carboxylic acids is 2. The zero-order valence-corrected chi connectivity index (χ0v) is 14.8. The van der Waals surface area contributed by atoms with Crippen LogP contribution in [0.2, 0.25) is 0 Å². The maximum absolute atomic E-state index is 12.5. The Hall–Kier alpha value is -1.88. The van der Waals surface area contributed by atoms with E-state index in [0.29, 0.717) is 11.3 Å². The maximum Gasteiger partial charge on any atom is 0.251 e. The Morgan fingerprint density at radius 2 is 1.68 bits per heavy atom. The molecule has 136 valence electrons. The summed E-state index contributed by atoms with van der Waals surface area (Å²) in [5.41, 5.74) is 7.21. The molecule has 0 heterocycles. The average Bonchev–Trinajstić information content (AvgIpc) is 2.64. The Balaban J connectivity index is 1.56. The van der Waals surface area contributed by atoms with Crippen molar-refractivity contribution in [1.82, 2.24) is 5.32 Å². The highest BCUT2D eigenvalue weighted by Crippen LogP contribution is 2.25. The van der Waals surface area contributed by atoms with Crippen molar-refractivity contribution in [1.29, 1.82) is 0 Å². The van der Waals surface area contributed by atoms with E-state index < -0.39 is 0 Å². The van der Waals surface area contributed by atoms with Gasteiger partial charge in [-0.1, -0.05) is 25.3 Å². The molecule has 0 aliphatic heterocycles. The molecular weight excluding hydrogens is 314 g/mol. The molecule has 4 N–H and O–H groups in total. The quantitative estimate of drug-likeness (QED) is 0.785. The van der Waals surface area contributed by atoms with E-state index in [0.717, 1.165) is 51.4 Å². The van der Waals surface area contributed by atoms with E-state index in [9.17, 15) is 9.59 Å². The van der Waals surface area contributed by atoms with Gasteiger partial charge in [0.05, 0.1) is 0 Å². The van der Waals surface area contributed by atoms with Gasteiger partial charge in [0.15, 0.2) is 0 Å². The van der Waals surface area contributed by atoms with Gasteiger partial charge in [0.2, 0.25) is 5.91 Å². The normalized spacial score (nSPS) is 24.5. The van der Waals surface area contributed by atoms with Crippen LogP contribution in [0.25, 0.3) is 0 Å². The van der Waals surface area contributed by atoms with E-state index in [1.165, 1.54) is 6.42 Å². The van der Waals surface area contributed by atoms with Gasteiger partial charge in [0.1, 0.15) is 0 Å². The van der Waals surface area contributed by atoms with Crippen molar-refractivity contribution < 1.29 is 9.59 Å². The number of benzene rings is 1. The van der Waals surface area contributed by atoms with Gasteiger partial charge < -0.3 is 16.4 Å². The lowest BCUT2D eigenvalue weighted by atomic mass is 9.88. The lowest BCUT2D eigenvalue weighted by Gasteiger charge is -2.26. The molecule has 1 aromatic rings. The molecule has 0 spiro atoms. The maximum atomic E-state index is 12.5. The van der Waals surface area contributed by atoms with Gasteiger partial charge in [0, 0.05) is 29.3 Å². The van der Waals surface area contributed by atoms with Gasteiger partial charge in [-0.05, 0) is 56.7 Å². The van der Waals surface area contributed by atoms with Crippen molar-refractivity contribution in [2.24, 2.45) is 11.7 Å². The molecule has 0 radical (unpaired) electrons. The molecule has 2 amide bonds. The first kappa shape index (κ1) is 17.9. The van der Waals surface area contributed by atoms with Crippen LogP contribution in [0.5, 0.6) is 0 Å². The topological polar surface area (TPSA) is 84.2 Å². The molecule has 0 bridgehead atoms. The molecule has 2 aliphatic rings. The Labute approximate surface area is 149 Å². The zero-order chi connectivity index (χ0) is 17.6. The Kier molecular flexibility index (Phi) is 6.08. The van der Waals surface area contributed by atoms with Gasteiger partial charge in [-0.15, -0.1) is 0 Å². The van der Waals surface area contributed by atoms with Gasteiger partial charge in [0.25, 0.3) is 5.91 Å². The number of nitrogens with one attached hydrogen (secondary N) is 2. The first-order chi connectivity index (χ1) is 12.1. The molecule has 0 unspecified atom stereocenters. The van der Waals surface area contributed by atoms with E-state index in [1.54, 1.807) is 12.1 Å². The Bertz CT molecular complexity index is 603. The van der Waals surface area contributed by atoms with E-state index in [2.05, 4.69) is 10.6 Å². The van der Waals surface area contributed by atoms with Crippen LogP contribution in [0.4, 0.5) is 5.69 Å². The summed E-state index contributed by atoms with van der Waals surface area (Å²) < 4.78 is 0. The molecule has 5 heteroatoms. The van der Waals surface area contributed by atoms with Crippen molar-refractivity contribution in [2.45, 2.75) is 69.9 Å². The summed E-state index contributed by atoms with van der Waals surface area (Å²) in [6.45, 7) is 0. The Morgan fingerprint density at radius 3 is 2.40 bits per heavy atom. The number of hydrogen-bond donors (Lipinski definition) is 3. The fraction of sp³-hybridized carbons (Fsp3) is 0.600. The summed E-state index contributed by atoms with van der Waals surface area (Å²) in [6, 6.07) is 7.70. The smallest absolute Gasteiger partial charge is 0.251 e. The lowest BCUT2D eigenvalue weighted by molar-refractivity contribution is -0.120. The molecule has 25 heavy (non-hydrogen) atoms. The van der Waals surface area contributed by atoms with E-state index >= 15 is 0 Å². The summed E-state index contributed by atoms with van der Waals surface area (Å²) in [5.74, 6) is 0.116. The third-order valence-corrected chi connectivity index (χ3v) is 5.48. The fourth-order valence-electron chi connectivity index (χ4n) is 3.88. The molecular formula is C20H29N3O2. The van der Waals surface area contributed by atoms with Gasteiger partial charge in [-0.25, -0.2) is 0 Å². The van der Waals surface area contributed by atoms with Crippen LogP contribution in [-0.4, -0.2) is 23.9 Å². The number of anilines is 1. The van der Waals surface area contributed by atoms with Gasteiger partial charge >= 0.3 is 0 Å². The highest BCUT2D eigenvalue weighted by Gasteiger charge is 2.22. The van der Waals surface area contributed by atoms with Crippen LogP contribution >= 0.6 is 0 Å². The minimum absolute atomic E-state index is 0.0748. The monoisotopic (exact) mass is 343 g/mol. The summed E-state index contributed by atoms with van der Waals surface area (Å²) in [7, 11) is 0. The number of rotatable bonds is 4. The predicted octanol–water partition coefficient (Wildman–Crippen LogP) is 3.21. The van der Waals surface area contributed by atoms with Crippen LogP contribution in [0.3, 0.4) is 0 Å². The highest BCUT2D eigenvalue weighted by molar-refractivity contribution is 5.97. The van der Waals surface area contributed by atoms with Crippen molar-refractivity contribution in [3.8, 4) is 0 Å². The predicted molar refractivity (Wildman–Crippen MR) is 99.3 cm³/mol. The van der Waals surface area contributed by atoms with Gasteiger partial charge in [-0.3, -0.25) is 9.59 Å². The van der Waals surface area contributed by atoms with Gasteiger partial charge in [-0.2, -0.15) is 0 Å². The zero-order valence-electron chi connectivity index (χ0n) is 14.8. The number of hydrogen-bond acceptors (Lipinski definition) is 3. The van der Waals surface area contributed by atoms with Crippen molar-refractivity contribution in [3.05, 3.63) is 29.8 Å². The molecule has 0 atom stereocenters. The minimum Gasteiger partial charge on any atom is -0.349 e. The first-order valence-electron chi connectivity index (χ1n) is 9.59. The van der Waals surface area contributed by atoms with Crippen molar-refractivity contribution >= 4 is 17.5 Å². The molecule has 2 fully saturated rings. The van der Waals surface area contributed by atoms with Crippen LogP contribution in [-0.2, 0) is 4.79 Å². The van der Waals surface area contributed by atoms with Crippen LogP contribution in [0.15, 0.2) is 24.3 Å². The number of amides is 2. The first-order valence-corrected chi connectivity index (χ1v) is 9.59. The molecule has 3 rings (SSSR count). The van der Waals surface area contributed by atoms with E-state index in [-0.39, 0.29) is 29.8 Å². The summed E-state index contributed by atoms with van der Waals surface area (Å²) >= 11 is 0. The lowest BCUT2D eigenvalue weighted by Crippen LogP contribution is -2.40. The highest BCUT2D eigenvalue weighted by atomic mass is 16.2.